The minimum absolute atomic E-state index is 0.00791. The Morgan fingerprint density at radius 1 is 1.10 bits per heavy atom. The number of rotatable bonds is 8. The van der Waals surface area contributed by atoms with Crippen LogP contribution < -0.4 is 16.4 Å². The van der Waals surface area contributed by atoms with E-state index in [1.807, 2.05) is 31.2 Å². The van der Waals surface area contributed by atoms with Gasteiger partial charge >= 0.3 is 0 Å². The maximum absolute atomic E-state index is 12.5. The monoisotopic (exact) mass is 529 g/mol. The van der Waals surface area contributed by atoms with E-state index in [-0.39, 0.29) is 17.3 Å². The van der Waals surface area contributed by atoms with E-state index in [4.69, 9.17) is 25.2 Å². The molecule has 1 aromatic carbocycles. The van der Waals surface area contributed by atoms with Crippen molar-refractivity contribution in [2.75, 3.05) is 43.5 Å². The molecule has 1 aliphatic carbocycles. The lowest BCUT2D eigenvalue weighted by Gasteiger charge is -2.31. The van der Waals surface area contributed by atoms with E-state index in [2.05, 4.69) is 32.7 Å². The number of nitrogens with two attached hydrogens (primary N) is 1. The largest absolute Gasteiger partial charge is 0.379 e. The number of carbonyl (C=O) groups excluding carboxylic acids is 1. The van der Waals surface area contributed by atoms with Crippen LogP contribution in [-0.2, 0) is 16.0 Å². The third-order valence-corrected chi connectivity index (χ3v) is 7.67. The summed E-state index contributed by atoms with van der Waals surface area (Å²) in [5, 5.41) is 6.92. The number of amides is 1. The average Bonchev–Trinajstić information content (AvgIpc) is 3.68. The van der Waals surface area contributed by atoms with Crippen LogP contribution in [0.5, 0.6) is 0 Å². The molecule has 3 aliphatic rings. The predicted molar refractivity (Wildman–Crippen MR) is 149 cm³/mol. The van der Waals surface area contributed by atoms with Crippen LogP contribution >= 0.6 is 0 Å². The molecular formula is C29H35N7O3. The Morgan fingerprint density at radius 2 is 1.90 bits per heavy atom. The molecule has 4 heterocycles. The topological polar surface area (TPSA) is 128 Å². The van der Waals surface area contributed by atoms with E-state index in [0.717, 1.165) is 82.1 Å². The fourth-order valence-electron chi connectivity index (χ4n) is 5.37. The highest BCUT2D eigenvalue weighted by Gasteiger charge is 2.47. The summed E-state index contributed by atoms with van der Waals surface area (Å²) < 4.78 is 11.5. The second-order valence-electron chi connectivity index (χ2n) is 10.7. The van der Waals surface area contributed by atoms with E-state index in [9.17, 15) is 4.79 Å². The summed E-state index contributed by atoms with van der Waals surface area (Å²) in [6.45, 7) is 6.93. The lowest BCUT2D eigenvalue weighted by atomic mass is 10.0. The number of nitrogens with one attached hydrogen (secondary N) is 2. The van der Waals surface area contributed by atoms with E-state index in [0.29, 0.717) is 17.3 Å². The van der Waals surface area contributed by atoms with Crippen molar-refractivity contribution in [3.8, 4) is 11.3 Å². The van der Waals surface area contributed by atoms with Crippen LogP contribution in [0.15, 0.2) is 42.6 Å². The van der Waals surface area contributed by atoms with Crippen molar-refractivity contribution in [3.63, 3.8) is 0 Å². The highest BCUT2D eigenvalue weighted by molar-refractivity contribution is 5.97. The molecule has 0 radical (unpaired) electrons. The molecule has 6 rings (SSSR count). The van der Waals surface area contributed by atoms with Gasteiger partial charge in [0.05, 0.1) is 18.8 Å². The molecule has 1 spiro atoms. The smallest absolute Gasteiger partial charge is 0.271 e. The molecule has 3 aromatic rings. The van der Waals surface area contributed by atoms with Gasteiger partial charge in [-0.1, -0.05) is 12.1 Å². The predicted octanol–water partition coefficient (Wildman–Crippen LogP) is 3.65. The number of aryl methyl sites for hydroxylation is 1. The van der Waals surface area contributed by atoms with Crippen molar-refractivity contribution >= 4 is 23.2 Å². The highest BCUT2D eigenvalue weighted by Crippen LogP contribution is 2.47. The minimum Gasteiger partial charge on any atom is -0.379 e. The van der Waals surface area contributed by atoms with Gasteiger partial charge in [0, 0.05) is 55.4 Å². The molecule has 1 atom stereocenters. The average molecular weight is 530 g/mol. The van der Waals surface area contributed by atoms with E-state index in [1.165, 1.54) is 5.56 Å². The molecule has 39 heavy (non-hydrogen) atoms. The zero-order chi connectivity index (χ0) is 26.8. The SMILES string of the molecule is Cc1cc(-c2nc(C(N)=O)c(Nc3ccc(CN4CCOCC4)cc3)nc2NC2CCOC3(CC3)C2)ccn1. The Hall–Kier alpha value is -3.60. The number of ether oxygens (including phenoxy) is 2. The molecule has 1 amide bonds. The summed E-state index contributed by atoms with van der Waals surface area (Å²) in [4.78, 5) is 28.9. The van der Waals surface area contributed by atoms with Crippen molar-refractivity contribution in [2.45, 2.75) is 50.8 Å². The van der Waals surface area contributed by atoms with Crippen molar-refractivity contribution in [3.05, 3.63) is 59.5 Å². The zero-order valence-corrected chi connectivity index (χ0v) is 22.3. The first kappa shape index (κ1) is 25.7. The van der Waals surface area contributed by atoms with Gasteiger partial charge in [0.25, 0.3) is 5.91 Å². The summed E-state index contributed by atoms with van der Waals surface area (Å²) in [6.07, 6.45) is 5.74. The molecule has 1 saturated carbocycles. The molecular weight excluding hydrogens is 494 g/mol. The van der Waals surface area contributed by atoms with Crippen LogP contribution in [0.4, 0.5) is 17.3 Å². The van der Waals surface area contributed by atoms with Crippen molar-refractivity contribution in [2.24, 2.45) is 5.73 Å². The lowest BCUT2D eigenvalue weighted by molar-refractivity contribution is -0.00884. The molecule has 2 aliphatic heterocycles. The molecule has 0 bridgehead atoms. The Bertz CT molecular complexity index is 1340. The molecule has 1 unspecified atom stereocenters. The number of hydrogen-bond donors (Lipinski definition) is 3. The van der Waals surface area contributed by atoms with Gasteiger partial charge in [-0.3, -0.25) is 14.7 Å². The van der Waals surface area contributed by atoms with E-state index >= 15 is 0 Å². The molecule has 10 nitrogen and oxygen atoms in total. The number of hydrogen-bond acceptors (Lipinski definition) is 9. The summed E-state index contributed by atoms with van der Waals surface area (Å²) in [5.74, 6) is 0.295. The van der Waals surface area contributed by atoms with Gasteiger partial charge in [0.2, 0.25) is 0 Å². The normalized spacial score (nSPS) is 20.5. The Kier molecular flexibility index (Phi) is 7.16. The van der Waals surface area contributed by atoms with Gasteiger partial charge in [0.1, 0.15) is 5.69 Å². The van der Waals surface area contributed by atoms with Gasteiger partial charge in [-0.05, 0) is 62.4 Å². The van der Waals surface area contributed by atoms with Gasteiger partial charge < -0.3 is 25.8 Å². The molecule has 3 fully saturated rings. The Balaban J connectivity index is 1.30. The molecule has 2 aromatic heterocycles. The quantitative estimate of drug-likeness (QED) is 0.401. The first-order valence-electron chi connectivity index (χ1n) is 13.7. The lowest BCUT2D eigenvalue weighted by Crippen LogP contribution is -2.36. The number of anilines is 3. The van der Waals surface area contributed by atoms with Crippen molar-refractivity contribution in [1.29, 1.82) is 0 Å². The summed E-state index contributed by atoms with van der Waals surface area (Å²) >= 11 is 0. The number of nitrogens with zero attached hydrogens (tertiary/aromatic N) is 4. The third-order valence-electron chi connectivity index (χ3n) is 7.67. The van der Waals surface area contributed by atoms with Gasteiger partial charge in [-0.25, -0.2) is 9.97 Å². The molecule has 4 N–H and O–H groups in total. The standard InChI is InChI=1S/C29H35N7O3/c1-19-16-21(6-10-31-19)24-27(33-23-7-13-39-29(17-23)8-9-29)35-28(25(34-24)26(30)37)32-22-4-2-20(3-5-22)18-36-11-14-38-15-12-36/h2-6,10,16,23H,7-9,11-15,17-18H2,1H3,(H2,30,37)(H2,32,33,35). The fourth-order valence-corrected chi connectivity index (χ4v) is 5.37. The second kappa shape index (κ2) is 10.9. The first-order valence-corrected chi connectivity index (χ1v) is 13.7. The van der Waals surface area contributed by atoms with Gasteiger partial charge in [-0.15, -0.1) is 0 Å². The Labute approximate surface area is 228 Å². The molecule has 10 heteroatoms. The van der Waals surface area contributed by atoms with Crippen LogP contribution in [0.25, 0.3) is 11.3 Å². The maximum Gasteiger partial charge on any atom is 0.271 e. The minimum atomic E-state index is -0.643. The maximum atomic E-state index is 12.5. The third kappa shape index (κ3) is 6.03. The van der Waals surface area contributed by atoms with Gasteiger partial charge in [-0.2, -0.15) is 0 Å². The van der Waals surface area contributed by atoms with Crippen molar-refractivity contribution < 1.29 is 14.3 Å². The van der Waals surface area contributed by atoms with Crippen LogP contribution in [-0.4, -0.2) is 70.3 Å². The number of benzene rings is 1. The summed E-state index contributed by atoms with van der Waals surface area (Å²) in [6, 6.07) is 12.2. The van der Waals surface area contributed by atoms with E-state index < -0.39 is 5.91 Å². The number of pyridine rings is 1. The van der Waals surface area contributed by atoms with Crippen LogP contribution in [0, 0.1) is 6.92 Å². The summed E-state index contributed by atoms with van der Waals surface area (Å²) in [5.41, 5.74) is 10.2. The number of primary amides is 1. The van der Waals surface area contributed by atoms with Crippen LogP contribution in [0.1, 0.15) is 47.4 Å². The highest BCUT2D eigenvalue weighted by atomic mass is 16.5. The number of carbonyl (C=O) groups is 1. The number of aromatic nitrogens is 3. The van der Waals surface area contributed by atoms with Crippen LogP contribution in [0.3, 0.4) is 0 Å². The zero-order valence-electron chi connectivity index (χ0n) is 22.3. The van der Waals surface area contributed by atoms with E-state index in [1.54, 1.807) is 6.20 Å². The second-order valence-corrected chi connectivity index (χ2v) is 10.7. The summed E-state index contributed by atoms with van der Waals surface area (Å²) in [7, 11) is 0. The first-order chi connectivity index (χ1) is 19.0. The molecule has 2 saturated heterocycles. The van der Waals surface area contributed by atoms with Crippen molar-refractivity contribution in [1.82, 2.24) is 19.9 Å². The van der Waals surface area contributed by atoms with Crippen LogP contribution in [0.2, 0.25) is 0 Å². The number of morpholine rings is 1. The molecule has 204 valence electrons. The fraction of sp³-hybridized carbons (Fsp3) is 0.448. The van der Waals surface area contributed by atoms with Gasteiger partial charge in [0.15, 0.2) is 17.3 Å². The Morgan fingerprint density at radius 3 is 2.62 bits per heavy atom.